The maximum atomic E-state index is 13.3. The minimum absolute atomic E-state index is 0.0295. The summed E-state index contributed by atoms with van der Waals surface area (Å²) >= 11 is 0. The number of nitrogens with two attached hydrogens (primary N) is 1. The van der Waals surface area contributed by atoms with Gasteiger partial charge >= 0.3 is 0 Å². The molecule has 0 amide bonds. The molecular formula is C17H20FNO. The molecule has 2 rings (SSSR count). The summed E-state index contributed by atoms with van der Waals surface area (Å²) < 4.78 is 19.1. The molecule has 2 N–H and O–H groups in total. The minimum atomic E-state index is -0.261. The lowest BCUT2D eigenvalue weighted by Gasteiger charge is -2.13. The summed E-state index contributed by atoms with van der Waals surface area (Å²) in [6, 6.07) is 12.7. The first-order valence-electron chi connectivity index (χ1n) is 6.77. The molecular weight excluding hydrogens is 253 g/mol. The van der Waals surface area contributed by atoms with Crippen LogP contribution in [0.25, 0.3) is 0 Å². The fraction of sp³-hybridized carbons (Fsp3) is 0.294. The fourth-order valence-corrected chi connectivity index (χ4v) is 2.16. The van der Waals surface area contributed by atoms with E-state index in [-0.39, 0.29) is 11.9 Å². The number of benzene rings is 2. The van der Waals surface area contributed by atoms with Crippen molar-refractivity contribution in [2.75, 3.05) is 0 Å². The van der Waals surface area contributed by atoms with Crippen LogP contribution in [0.1, 0.15) is 23.6 Å². The smallest absolute Gasteiger partial charge is 0.123 e. The van der Waals surface area contributed by atoms with Crippen molar-refractivity contribution in [3.05, 3.63) is 65.0 Å². The normalized spacial score (nSPS) is 12.2. The molecule has 0 aliphatic heterocycles. The molecule has 1 unspecified atom stereocenters. The van der Waals surface area contributed by atoms with Gasteiger partial charge in [0.2, 0.25) is 0 Å². The summed E-state index contributed by atoms with van der Waals surface area (Å²) in [5, 5.41) is 0. The second-order valence-corrected chi connectivity index (χ2v) is 5.21. The quantitative estimate of drug-likeness (QED) is 0.903. The molecule has 0 radical (unpaired) electrons. The maximum absolute atomic E-state index is 13.3. The Morgan fingerprint density at radius 3 is 2.70 bits per heavy atom. The summed E-state index contributed by atoms with van der Waals surface area (Å²) in [7, 11) is 0. The Balaban J connectivity index is 2.12. The Bertz CT molecular complexity index is 581. The Labute approximate surface area is 119 Å². The van der Waals surface area contributed by atoms with Crippen molar-refractivity contribution in [2.24, 2.45) is 5.73 Å². The minimum Gasteiger partial charge on any atom is -0.489 e. The van der Waals surface area contributed by atoms with Gasteiger partial charge in [-0.05, 0) is 49.6 Å². The topological polar surface area (TPSA) is 35.2 Å². The molecule has 2 aromatic rings. The van der Waals surface area contributed by atoms with Crippen molar-refractivity contribution in [2.45, 2.75) is 32.9 Å². The largest absolute Gasteiger partial charge is 0.489 e. The van der Waals surface area contributed by atoms with Gasteiger partial charge < -0.3 is 10.5 Å². The maximum Gasteiger partial charge on any atom is 0.123 e. The third-order valence-corrected chi connectivity index (χ3v) is 3.04. The molecule has 0 saturated heterocycles. The molecule has 0 saturated carbocycles. The molecule has 0 aliphatic carbocycles. The highest BCUT2D eigenvalue weighted by Crippen LogP contribution is 2.22. The van der Waals surface area contributed by atoms with Crippen molar-refractivity contribution >= 4 is 0 Å². The summed E-state index contributed by atoms with van der Waals surface area (Å²) in [5.74, 6) is 0.439. The van der Waals surface area contributed by atoms with Gasteiger partial charge in [0.15, 0.2) is 0 Å². The highest BCUT2D eigenvalue weighted by molar-refractivity contribution is 5.35. The average molecular weight is 273 g/mol. The highest BCUT2D eigenvalue weighted by Gasteiger charge is 2.08. The molecule has 0 spiro atoms. The van der Waals surface area contributed by atoms with Crippen LogP contribution in [0.5, 0.6) is 5.75 Å². The Morgan fingerprint density at radius 1 is 1.20 bits per heavy atom. The van der Waals surface area contributed by atoms with Crippen LogP contribution in [0.15, 0.2) is 42.5 Å². The van der Waals surface area contributed by atoms with Crippen molar-refractivity contribution in [3.63, 3.8) is 0 Å². The highest BCUT2D eigenvalue weighted by atomic mass is 19.1. The van der Waals surface area contributed by atoms with Crippen LogP contribution < -0.4 is 10.5 Å². The van der Waals surface area contributed by atoms with Crippen LogP contribution in [0.2, 0.25) is 0 Å². The van der Waals surface area contributed by atoms with Gasteiger partial charge in [0.05, 0.1) is 0 Å². The number of ether oxygens (including phenoxy) is 1. The standard InChI is InChI=1S/C17H20FNO/c1-12-4-3-5-14(8-12)11-20-17-7-6-16(18)10-15(17)9-13(2)19/h3-8,10,13H,9,11,19H2,1-2H3. The predicted molar refractivity (Wildman–Crippen MR) is 79.3 cm³/mol. The van der Waals surface area contributed by atoms with E-state index in [0.717, 1.165) is 11.1 Å². The van der Waals surface area contributed by atoms with E-state index in [1.165, 1.54) is 17.7 Å². The average Bonchev–Trinajstić information content (AvgIpc) is 2.37. The molecule has 2 aromatic carbocycles. The number of halogens is 1. The summed E-state index contributed by atoms with van der Waals surface area (Å²) in [6.07, 6.45) is 0.598. The van der Waals surface area contributed by atoms with Gasteiger partial charge in [-0.2, -0.15) is 0 Å². The lowest BCUT2D eigenvalue weighted by molar-refractivity contribution is 0.301. The van der Waals surface area contributed by atoms with E-state index >= 15 is 0 Å². The van der Waals surface area contributed by atoms with Crippen LogP contribution in [0.4, 0.5) is 4.39 Å². The van der Waals surface area contributed by atoms with Gasteiger partial charge in [0.25, 0.3) is 0 Å². The first-order chi connectivity index (χ1) is 9.54. The molecule has 0 aliphatic rings. The van der Waals surface area contributed by atoms with Gasteiger partial charge in [-0.1, -0.05) is 29.8 Å². The molecule has 3 heteroatoms. The van der Waals surface area contributed by atoms with E-state index in [9.17, 15) is 4.39 Å². The number of rotatable bonds is 5. The van der Waals surface area contributed by atoms with Gasteiger partial charge in [-0.25, -0.2) is 4.39 Å². The van der Waals surface area contributed by atoms with E-state index in [1.54, 1.807) is 6.07 Å². The summed E-state index contributed by atoms with van der Waals surface area (Å²) in [6.45, 7) is 4.41. The van der Waals surface area contributed by atoms with Crippen molar-refractivity contribution in [1.29, 1.82) is 0 Å². The molecule has 20 heavy (non-hydrogen) atoms. The number of aryl methyl sites for hydroxylation is 1. The molecule has 0 bridgehead atoms. The molecule has 0 aromatic heterocycles. The van der Waals surface area contributed by atoms with Crippen LogP contribution in [0.3, 0.4) is 0 Å². The Morgan fingerprint density at radius 2 is 2.00 bits per heavy atom. The number of hydrogen-bond donors (Lipinski definition) is 1. The van der Waals surface area contributed by atoms with Gasteiger partial charge in [0, 0.05) is 6.04 Å². The molecule has 0 heterocycles. The first kappa shape index (κ1) is 14.5. The van der Waals surface area contributed by atoms with E-state index in [0.29, 0.717) is 18.8 Å². The van der Waals surface area contributed by atoms with E-state index in [1.807, 2.05) is 32.0 Å². The van der Waals surface area contributed by atoms with E-state index in [4.69, 9.17) is 10.5 Å². The monoisotopic (exact) mass is 273 g/mol. The van der Waals surface area contributed by atoms with Crippen LogP contribution >= 0.6 is 0 Å². The summed E-state index contributed by atoms with van der Waals surface area (Å²) in [5.41, 5.74) is 8.90. The summed E-state index contributed by atoms with van der Waals surface area (Å²) in [4.78, 5) is 0. The fourth-order valence-electron chi connectivity index (χ4n) is 2.16. The molecule has 0 fully saturated rings. The van der Waals surface area contributed by atoms with Gasteiger partial charge in [-0.15, -0.1) is 0 Å². The molecule has 2 nitrogen and oxygen atoms in total. The Hall–Kier alpha value is -1.87. The predicted octanol–water partition coefficient (Wildman–Crippen LogP) is 3.60. The molecule has 106 valence electrons. The van der Waals surface area contributed by atoms with Crippen molar-refractivity contribution < 1.29 is 9.13 Å². The van der Waals surface area contributed by atoms with E-state index < -0.39 is 0 Å². The second kappa shape index (κ2) is 6.53. The van der Waals surface area contributed by atoms with Gasteiger partial charge in [0.1, 0.15) is 18.2 Å². The lowest BCUT2D eigenvalue weighted by atomic mass is 10.1. The SMILES string of the molecule is Cc1cccc(COc2ccc(F)cc2CC(C)N)c1. The first-order valence-corrected chi connectivity index (χ1v) is 6.77. The van der Waals surface area contributed by atoms with E-state index in [2.05, 4.69) is 6.07 Å². The van der Waals surface area contributed by atoms with Crippen LogP contribution in [-0.2, 0) is 13.0 Å². The van der Waals surface area contributed by atoms with Crippen LogP contribution in [0, 0.1) is 12.7 Å². The zero-order valence-electron chi connectivity index (χ0n) is 11.9. The Kier molecular flexibility index (Phi) is 4.74. The molecule has 1 atom stereocenters. The second-order valence-electron chi connectivity index (χ2n) is 5.21. The van der Waals surface area contributed by atoms with Crippen LogP contribution in [-0.4, -0.2) is 6.04 Å². The lowest BCUT2D eigenvalue weighted by Crippen LogP contribution is -2.18. The third-order valence-electron chi connectivity index (χ3n) is 3.04. The van der Waals surface area contributed by atoms with Crippen molar-refractivity contribution in [1.82, 2.24) is 0 Å². The number of hydrogen-bond acceptors (Lipinski definition) is 2. The third kappa shape index (κ3) is 4.07. The van der Waals surface area contributed by atoms with Gasteiger partial charge in [-0.3, -0.25) is 0 Å². The van der Waals surface area contributed by atoms with Crippen molar-refractivity contribution in [3.8, 4) is 5.75 Å². The zero-order chi connectivity index (χ0) is 14.5. The zero-order valence-corrected chi connectivity index (χ0v) is 11.9.